The molecule has 1 saturated heterocycles. The third kappa shape index (κ3) is 2.42. The maximum atomic E-state index is 12.3. The lowest BCUT2D eigenvalue weighted by molar-refractivity contribution is -0.136. The highest BCUT2D eigenvalue weighted by atomic mass is 16.2. The Hall–Kier alpha value is -1.85. The van der Waals surface area contributed by atoms with Gasteiger partial charge in [-0.05, 0) is 13.8 Å². The van der Waals surface area contributed by atoms with Gasteiger partial charge in [-0.2, -0.15) is 0 Å². The topological polar surface area (TPSA) is 75.3 Å². The highest BCUT2D eigenvalue weighted by Gasteiger charge is 2.41. The molecule has 0 bridgehead atoms. The number of aromatic nitrogens is 2. The van der Waals surface area contributed by atoms with Gasteiger partial charge in [0.25, 0.3) is 0 Å². The first-order chi connectivity index (χ1) is 9.23. The molecule has 2 N–H and O–H groups in total. The van der Waals surface area contributed by atoms with Crippen LogP contribution in [0.25, 0.3) is 0 Å². The monoisotopic (exact) mass is 277 g/mol. The highest BCUT2D eigenvalue weighted by molar-refractivity contribution is 5.90. The van der Waals surface area contributed by atoms with Gasteiger partial charge in [0.1, 0.15) is 23.0 Å². The van der Waals surface area contributed by atoms with Crippen molar-refractivity contribution in [3.05, 3.63) is 11.9 Å². The maximum absolute atomic E-state index is 12.3. The average molecular weight is 277 g/mol. The number of hydrogen-bond acceptors (Lipinski definition) is 5. The average Bonchev–Trinajstić information content (AvgIpc) is 2.35. The third-order valence-electron chi connectivity index (χ3n) is 3.75. The molecule has 0 atom stereocenters. The fraction of sp³-hybridized carbons (Fsp3) is 0.643. The number of carbonyl (C=O) groups excluding carboxylic acids is 1. The summed E-state index contributed by atoms with van der Waals surface area (Å²) in [5, 5.41) is 0. The Morgan fingerprint density at radius 3 is 2.55 bits per heavy atom. The molecule has 1 aromatic rings. The van der Waals surface area contributed by atoms with Crippen LogP contribution in [0, 0.1) is 0 Å². The summed E-state index contributed by atoms with van der Waals surface area (Å²) in [6.07, 6.45) is 0. The van der Waals surface area contributed by atoms with Gasteiger partial charge in [0.2, 0.25) is 5.91 Å². The van der Waals surface area contributed by atoms with Crippen LogP contribution in [0.15, 0.2) is 6.07 Å². The predicted octanol–water partition coefficient (Wildman–Crippen LogP) is 1.24. The zero-order chi connectivity index (χ0) is 15.1. The van der Waals surface area contributed by atoms with Crippen molar-refractivity contribution in [3.8, 4) is 0 Å². The fourth-order valence-electron chi connectivity index (χ4n) is 2.48. The lowest BCUT2D eigenvalue weighted by Gasteiger charge is -2.45. The van der Waals surface area contributed by atoms with E-state index in [-0.39, 0.29) is 11.8 Å². The van der Waals surface area contributed by atoms with Crippen LogP contribution in [0.5, 0.6) is 0 Å². The Balaban J connectivity index is 2.43. The number of anilines is 2. The van der Waals surface area contributed by atoms with Crippen LogP contribution in [0.2, 0.25) is 0 Å². The summed E-state index contributed by atoms with van der Waals surface area (Å²) < 4.78 is 0. The van der Waals surface area contributed by atoms with Crippen molar-refractivity contribution in [3.63, 3.8) is 0 Å². The first-order valence-electron chi connectivity index (χ1n) is 6.91. The minimum Gasteiger partial charge on any atom is -0.384 e. The van der Waals surface area contributed by atoms with Gasteiger partial charge in [-0.15, -0.1) is 0 Å². The number of likely N-dealkylation sites (N-methyl/N-ethyl adjacent to an activating group) is 1. The fourth-order valence-corrected chi connectivity index (χ4v) is 2.48. The first kappa shape index (κ1) is 14.6. The van der Waals surface area contributed by atoms with Crippen molar-refractivity contribution in [2.45, 2.75) is 39.2 Å². The van der Waals surface area contributed by atoms with Crippen LogP contribution >= 0.6 is 0 Å². The van der Waals surface area contributed by atoms with Crippen LogP contribution in [-0.2, 0) is 4.79 Å². The van der Waals surface area contributed by atoms with E-state index in [1.807, 2.05) is 39.6 Å². The van der Waals surface area contributed by atoms with Crippen LogP contribution in [-0.4, -0.2) is 46.5 Å². The summed E-state index contributed by atoms with van der Waals surface area (Å²) >= 11 is 0. The molecule has 1 aromatic heterocycles. The number of piperazine rings is 1. The molecule has 0 aliphatic carbocycles. The minimum absolute atomic E-state index is 0.0898. The molecule has 110 valence electrons. The largest absolute Gasteiger partial charge is 0.384 e. The molecule has 0 radical (unpaired) electrons. The Morgan fingerprint density at radius 1 is 1.30 bits per heavy atom. The quantitative estimate of drug-likeness (QED) is 0.880. The maximum Gasteiger partial charge on any atom is 0.247 e. The Kier molecular flexibility index (Phi) is 3.58. The van der Waals surface area contributed by atoms with E-state index >= 15 is 0 Å². The number of carbonyl (C=O) groups is 1. The number of nitrogens with two attached hydrogens (primary N) is 1. The number of hydrogen-bond donors (Lipinski definition) is 1. The summed E-state index contributed by atoms with van der Waals surface area (Å²) in [6.45, 7) is 9.31. The molecule has 0 unspecified atom stereocenters. The second-order valence-corrected chi connectivity index (χ2v) is 6.10. The third-order valence-corrected chi connectivity index (χ3v) is 3.75. The normalized spacial score (nSPS) is 18.8. The van der Waals surface area contributed by atoms with Crippen LogP contribution < -0.4 is 10.6 Å². The number of rotatable bonds is 2. The molecule has 1 aliphatic heterocycles. The van der Waals surface area contributed by atoms with E-state index in [2.05, 4.69) is 9.97 Å². The van der Waals surface area contributed by atoms with Crippen LogP contribution in [0.1, 0.15) is 39.4 Å². The summed E-state index contributed by atoms with van der Waals surface area (Å²) in [7, 11) is 1.83. The molecular formula is C14H23N5O. The molecule has 1 aliphatic rings. The van der Waals surface area contributed by atoms with E-state index < -0.39 is 5.54 Å². The smallest absolute Gasteiger partial charge is 0.247 e. The van der Waals surface area contributed by atoms with Crippen molar-refractivity contribution < 1.29 is 4.79 Å². The van der Waals surface area contributed by atoms with Gasteiger partial charge in [0.05, 0.1) is 0 Å². The van der Waals surface area contributed by atoms with Crippen molar-refractivity contribution in [1.82, 2.24) is 14.9 Å². The van der Waals surface area contributed by atoms with Crippen molar-refractivity contribution >= 4 is 17.5 Å². The van der Waals surface area contributed by atoms with Gasteiger partial charge in [0.15, 0.2) is 0 Å². The molecule has 0 spiro atoms. The number of amides is 1. The van der Waals surface area contributed by atoms with Crippen LogP contribution in [0.3, 0.4) is 0 Å². The summed E-state index contributed by atoms with van der Waals surface area (Å²) in [4.78, 5) is 24.9. The van der Waals surface area contributed by atoms with E-state index in [1.165, 1.54) is 0 Å². The Bertz CT molecular complexity index is 526. The van der Waals surface area contributed by atoms with E-state index in [1.54, 1.807) is 11.0 Å². The Labute approximate surface area is 120 Å². The zero-order valence-electron chi connectivity index (χ0n) is 12.8. The molecule has 0 aromatic carbocycles. The van der Waals surface area contributed by atoms with E-state index in [9.17, 15) is 4.79 Å². The summed E-state index contributed by atoms with van der Waals surface area (Å²) in [6, 6.07) is 1.74. The first-order valence-corrected chi connectivity index (χ1v) is 6.91. The molecule has 0 saturated carbocycles. The summed E-state index contributed by atoms with van der Waals surface area (Å²) in [5.74, 6) is 2.17. The molecule has 2 rings (SSSR count). The number of nitrogens with zero attached hydrogens (tertiary/aromatic N) is 4. The highest BCUT2D eigenvalue weighted by Crippen LogP contribution is 2.28. The molecule has 6 nitrogen and oxygen atoms in total. The van der Waals surface area contributed by atoms with Gasteiger partial charge in [-0.25, -0.2) is 9.97 Å². The Morgan fingerprint density at radius 2 is 1.95 bits per heavy atom. The van der Waals surface area contributed by atoms with Gasteiger partial charge in [0, 0.05) is 32.1 Å². The lowest BCUT2D eigenvalue weighted by atomic mass is 9.98. The minimum atomic E-state index is -0.623. The van der Waals surface area contributed by atoms with Crippen molar-refractivity contribution in [2.75, 3.05) is 30.8 Å². The van der Waals surface area contributed by atoms with Gasteiger partial charge in [-0.3, -0.25) is 4.79 Å². The van der Waals surface area contributed by atoms with Gasteiger partial charge in [-0.1, -0.05) is 13.8 Å². The second-order valence-electron chi connectivity index (χ2n) is 6.10. The molecule has 6 heteroatoms. The zero-order valence-corrected chi connectivity index (χ0v) is 12.8. The standard InChI is InChI=1S/C14H23N5O/c1-9(2)12-16-10(15)8-11(17-12)19-7-6-18(5)13(20)14(19,3)4/h8-9H,6-7H2,1-5H3,(H2,15,16,17). The molecule has 1 amide bonds. The van der Waals surface area contributed by atoms with Crippen LogP contribution in [0.4, 0.5) is 11.6 Å². The molecule has 1 fully saturated rings. The molecular weight excluding hydrogens is 254 g/mol. The summed E-state index contributed by atoms with van der Waals surface area (Å²) in [5.41, 5.74) is 5.26. The second kappa shape index (κ2) is 4.92. The SMILES string of the molecule is CC(C)c1nc(N)cc(N2CCN(C)C(=O)C2(C)C)n1. The van der Waals surface area contributed by atoms with E-state index in [0.717, 1.165) is 12.4 Å². The van der Waals surface area contributed by atoms with Crippen molar-refractivity contribution in [1.29, 1.82) is 0 Å². The van der Waals surface area contributed by atoms with Gasteiger partial charge < -0.3 is 15.5 Å². The number of nitrogen functional groups attached to an aromatic ring is 1. The molecule has 2 heterocycles. The molecule has 20 heavy (non-hydrogen) atoms. The lowest BCUT2D eigenvalue weighted by Crippen LogP contribution is -2.62. The van der Waals surface area contributed by atoms with E-state index in [4.69, 9.17) is 5.73 Å². The van der Waals surface area contributed by atoms with E-state index in [0.29, 0.717) is 18.2 Å². The predicted molar refractivity (Wildman–Crippen MR) is 79.6 cm³/mol. The van der Waals surface area contributed by atoms with Crippen molar-refractivity contribution in [2.24, 2.45) is 0 Å². The van der Waals surface area contributed by atoms with Gasteiger partial charge >= 0.3 is 0 Å².